The van der Waals surface area contributed by atoms with Crippen molar-refractivity contribution in [3.63, 3.8) is 0 Å². The van der Waals surface area contributed by atoms with E-state index in [1.807, 2.05) is 26.0 Å². The molecule has 0 fully saturated rings. The largest absolute Gasteiger partial charge is 0.464 e. The number of anilines is 1. The lowest BCUT2D eigenvalue weighted by Crippen LogP contribution is -2.30. The van der Waals surface area contributed by atoms with Gasteiger partial charge in [0.1, 0.15) is 6.04 Å². The van der Waals surface area contributed by atoms with Crippen molar-refractivity contribution in [3.8, 4) is 0 Å². The number of esters is 1. The number of ether oxygens (including phenoxy) is 1. The summed E-state index contributed by atoms with van der Waals surface area (Å²) in [5.41, 5.74) is 2.23. The summed E-state index contributed by atoms with van der Waals surface area (Å²) in [6, 6.07) is 7.86. The molecule has 0 bridgehead atoms. The first-order valence-corrected chi connectivity index (χ1v) is 6.23. The minimum absolute atomic E-state index is 0.183. The fourth-order valence-electron chi connectivity index (χ4n) is 1.65. The van der Waals surface area contributed by atoms with Crippen LogP contribution in [0.25, 0.3) is 0 Å². The topological polar surface area (TPSA) is 38.3 Å². The van der Waals surface area contributed by atoms with Crippen LogP contribution in [0, 0.1) is 0 Å². The molecule has 0 aliphatic carbocycles. The highest BCUT2D eigenvalue weighted by molar-refractivity contribution is 5.79. The summed E-state index contributed by atoms with van der Waals surface area (Å²) in [7, 11) is 0. The summed E-state index contributed by atoms with van der Waals surface area (Å²) in [6.45, 7) is 6.33. The van der Waals surface area contributed by atoms with E-state index in [2.05, 4.69) is 24.4 Å². The second-order valence-corrected chi connectivity index (χ2v) is 3.91. The number of carbonyl (C=O) groups excluding carboxylic acids is 1. The van der Waals surface area contributed by atoms with Crippen molar-refractivity contribution in [2.45, 2.75) is 39.7 Å². The molecule has 0 aliphatic heterocycles. The number of nitrogens with one attached hydrogen (secondary N) is 1. The molecule has 1 N–H and O–H groups in total. The number of hydrogen-bond donors (Lipinski definition) is 1. The normalized spacial score (nSPS) is 11.9. The van der Waals surface area contributed by atoms with Gasteiger partial charge in [0.15, 0.2) is 0 Å². The van der Waals surface area contributed by atoms with Crippen LogP contribution < -0.4 is 5.32 Å². The Morgan fingerprint density at radius 1 is 1.35 bits per heavy atom. The van der Waals surface area contributed by atoms with Crippen LogP contribution in [-0.2, 0) is 16.0 Å². The van der Waals surface area contributed by atoms with Gasteiger partial charge in [0.05, 0.1) is 6.61 Å². The van der Waals surface area contributed by atoms with Crippen LogP contribution in [0.2, 0.25) is 0 Å². The zero-order chi connectivity index (χ0) is 12.7. The van der Waals surface area contributed by atoms with E-state index < -0.39 is 0 Å². The molecule has 1 unspecified atom stereocenters. The number of aryl methyl sites for hydroxylation is 1. The van der Waals surface area contributed by atoms with Gasteiger partial charge in [-0.2, -0.15) is 0 Å². The van der Waals surface area contributed by atoms with Gasteiger partial charge in [0.2, 0.25) is 0 Å². The minimum atomic E-state index is -0.262. The van der Waals surface area contributed by atoms with Crippen molar-refractivity contribution in [3.05, 3.63) is 29.8 Å². The standard InChI is InChI=1S/C14H21NO2/c1-4-11-8-7-9-12(10-11)15-13(5-2)14(16)17-6-3/h7-10,13,15H,4-6H2,1-3H3. The summed E-state index contributed by atoms with van der Waals surface area (Å²) in [6.07, 6.45) is 1.71. The monoisotopic (exact) mass is 235 g/mol. The fraction of sp³-hybridized carbons (Fsp3) is 0.500. The third kappa shape index (κ3) is 4.10. The molecule has 17 heavy (non-hydrogen) atoms. The molecule has 3 heteroatoms. The van der Waals surface area contributed by atoms with Crippen LogP contribution in [0.1, 0.15) is 32.8 Å². The molecule has 0 radical (unpaired) electrons. The Morgan fingerprint density at radius 3 is 2.71 bits per heavy atom. The third-order valence-corrected chi connectivity index (χ3v) is 2.66. The minimum Gasteiger partial charge on any atom is -0.464 e. The molecule has 0 heterocycles. The van der Waals surface area contributed by atoms with Crippen molar-refractivity contribution in [1.82, 2.24) is 0 Å². The zero-order valence-corrected chi connectivity index (χ0v) is 10.8. The summed E-state index contributed by atoms with van der Waals surface area (Å²) in [4.78, 5) is 11.6. The molecule has 0 amide bonds. The van der Waals surface area contributed by atoms with Crippen molar-refractivity contribution in [2.75, 3.05) is 11.9 Å². The highest BCUT2D eigenvalue weighted by atomic mass is 16.5. The van der Waals surface area contributed by atoms with E-state index in [9.17, 15) is 4.79 Å². The smallest absolute Gasteiger partial charge is 0.328 e. The molecular formula is C14H21NO2. The molecule has 3 nitrogen and oxygen atoms in total. The van der Waals surface area contributed by atoms with E-state index in [1.165, 1.54) is 5.56 Å². The van der Waals surface area contributed by atoms with Crippen molar-refractivity contribution < 1.29 is 9.53 Å². The van der Waals surface area contributed by atoms with Gasteiger partial charge in [-0.3, -0.25) is 0 Å². The van der Waals surface area contributed by atoms with E-state index in [1.54, 1.807) is 0 Å². The average Bonchev–Trinajstić information content (AvgIpc) is 2.36. The van der Waals surface area contributed by atoms with Gasteiger partial charge < -0.3 is 10.1 Å². The number of carbonyl (C=O) groups is 1. The molecule has 0 aliphatic rings. The molecule has 1 rings (SSSR count). The molecule has 0 aromatic heterocycles. The Labute approximate surface area is 103 Å². The maximum absolute atomic E-state index is 11.6. The van der Waals surface area contributed by atoms with Crippen LogP contribution in [0.3, 0.4) is 0 Å². The molecule has 0 spiro atoms. The molecule has 94 valence electrons. The van der Waals surface area contributed by atoms with Gasteiger partial charge >= 0.3 is 5.97 Å². The van der Waals surface area contributed by atoms with Crippen LogP contribution in [-0.4, -0.2) is 18.6 Å². The van der Waals surface area contributed by atoms with Gasteiger partial charge in [-0.25, -0.2) is 4.79 Å². The summed E-state index contributed by atoms with van der Waals surface area (Å²) in [5.74, 6) is -0.183. The van der Waals surface area contributed by atoms with E-state index >= 15 is 0 Å². The Balaban J connectivity index is 2.69. The van der Waals surface area contributed by atoms with Gasteiger partial charge in [0, 0.05) is 5.69 Å². The molecule has 1 atom stereocenters. The SMILES string of the molecule is CCOC(=O)C(CC)Nc1cccc(CC)c1. The highest BCUT2D eigenvalue weighted by Gasteiger charge is 2.16. The highest BCUT2D eigenvalue weighted by Crippen LogP contribution is 2.13. The number of rotatable bonds is 6. The summed E-state index contributed by atoms with van der Waals surface area (Å²) >= 11 is 0. The lowest BCUT2D eigenvalue weighted by Gasteiger charge is -2.17. The average molecular weight is 235 g/mol. The molecule has 1 aromatic rings. The van der Waals surface area contributed by atoms with Crippen molar-refractivity contribution in [1.29, 1.82) is 0 Å². The van der Waals surface area contributed by atoms with Crippen molar-refractivity contribution in [2.24, 2.45) is 0 Å². The first-order chi connectivity index (χ1) is 8.21. The first-order valence-electron chi connectivity index (χ1n) is 6.23. The molecule has 0 saturated carbocycles. The van der Waals surface area contributed by atoms with Crippen LogP contribution in [0.15, 0.2) is 24.3 Å². The first kappa shape index (κ1) is 13.6. The maximum atomic E-state index is 11.6. The zero-order valence-electron chi connectivity index (χ0n) is 10.8. The van der Waals surface area contributed by atoms with E-state index in [0.717, 1.165) is 18.5 Å². The number of hydrogen-bond acceptors (Lipinski definition) is 3. The second-order valence-electron chi connectivity index (χ2n) is 3.91. The fourth-order valence-corrected chi connectivity index (χ4v) is 1.65. The van der Waals surface area contributed by atoms with Crippen molar-refractivity contribution >= 4 is 11.7 Å². The lowest BCUT2D eigenvalue weighted by molar-refractivity contribution is -0.144. The van der Waals surface area contributed by atoms with E-state index in [0.29, 0.717) is 6.61 Å². The molecule has 0 saturated heterocycles. The summed E-state index contributed by atoms with van der Waals surface area (Å²) < 4.78 is 5.02. The van der Waals surface area contributed by atoms with Gasteiger partial charge in [0.25, 0.3) is 0 Å². The predicted octanol–water partition coefficient (Wildman–Crippen LogP) is 3.00. The summed E-state index contributed by atoms with van der Waals surface area (Å²) in [5, 5.41) is 3.21. The predicted molar refractivity (Wildman–Crippen MR) is 70.2 cm³/mol. The van der Waals surface area contributed by atoms with Crippen LogP contribution >= 0.6 is 0 Å². The Hall–Kier alpha value is -1.51. The second kappa shape index (κ2) is 6.94. The van der Waals surface area contributed by atoms with E-state index in [4.69, 9.17) is 4.74 Å². The maximum Gasteiger partial charge on any atom is 0.328 e. The molecule has 1 aromatic carbocycles. The Bertz CT molecular complexity index is 363. The van der Waals surface area contributed by atoms with Gasteiger partial charge in [-0.1, -0.05) is 26.0 Å². The third-order valence-electron chi connectivity index (χ3n) is 2.66. The van der Waals surface area contributed by atoms with Crippen LogP contribution in [0.5, 0.6) is 0 Å². The number of benzene rings is 1. The van der Waals surface area contributed by atoms with Crippen LogP contribution in [0.4, 0.5) is 5.69 Å². The van der Waals surface area contributed by atoms with Gasteiger partial charge in [-0.15, -0.1) is 0 Å². The van der Waals surface area contributed by atoms with E-state index in [-0.39, 0.29) is 12.0 Å². The Morgan fingerprint density at radius 2 is 2.12 bits per heavy atom. The lowest BCUT2D eigenvalue weighted by atomic mass is 10.1. The van der Waals surface area contributed by atoms with Gasteiger partial charge in [-0.05, 0) is 37.5 Å². The Kier molecular flexibility index (Phi) is 5.53. The molecular weight excluding hydrogens is 214 g/mol. The quantitative estimate of drug-likeness (QED) is 0.770.